The van der Waals surface area contributed by atoms with Gasteiger partial charge in [0.15, 0.2) is 0 Å². The number of hydrogen-bond acceptors (Lipinski definition) is 3. The molecule has 4 heteroatoms. The van der Waals surface area contributed by atoms with Gasteiger partial charge in [-0.15, -0.1) is 0 Å². The molecule has 0 aromatic heterocycles. The number of hydrogen-bond donors (Lipinski definition) is 1. The summed E-state index contributed by atoms with van der Waals surface area (Å²) >= 11 is 0. The monoisotopic (exact) mass is 265 g/mol. The van der Waals surface area contributed by atoms with Gasteiger partial charge in [-0.1, -0.05) is 6.07 Å². The summed E-state index contributed by atoms with van der Waals surface area (Å²) < 4.78 is 5.38. The van der Waals surface area contributed by atoms with E-state index in [1.807, 2.05) is 45.8 Å². The second kappa shape index (κ2) is 6.06. The van der Waals surface area contributed by atoms with Crippen LogP contribution in [0.2, 0.25) is 0 Å². The van der Waals surface area contributed by atoms with Crippen LogP contribution in [-0.4, -0.2) is 43.7 Å². The minimum atomic E-state index is -0.791. The van der Waals surface area contributed by atoms with Gasteiger partial charge < -0.3 is 14.7 Å². The Morgan fingerprint density at radius 3 is 2.32 bits per heavy atom. The van der Waals surface area contributed by atoms with Crippen LogP contribution in [0.15, 0.2) is 6.07 Å². The molecule has 1 atom stereocenters. The molecular weight excluding hydrogens is 242 g/mol. The lowest BCUT2D eigenvalue weighted by atomic mass is 9.89. The van der Waals surface area contributed by atoms with Crippen molar-refractivity contribution in [1.82, 2.24) is 4.90 Å². The van der Waals surface area contributed by atoms with E-state index >= 15 is 0 Å². The average molecular weight is 265 g/mol. The van der Waals surface area contributed by atoms with Crippen LogP contribution in [-0.2, 0) is 4.79 Å². The molecule has 1 N–H and O–H groups in total. The maximum absolute atomic E-state index is 11.5. The summed E-state index contributed by atoms with van der Waals surface area (Å²) in [6.45, 7) is 6.36. The van der Waals surface area contributed by atoms with Crippen LogP contribution in [0.3, 0.4) is 0 Å². The van der Waals surface area contributed by atoms with Crippen molar-refractivity contribution in [3.63, 3.8) is 0 Å². The van der Waals surface area contributed by atoms with Crippen LogP contribution in [0.25, 0.3) is 0 Å². The van der Waals surface area contributed by atoms with E-state index in [0.717, 1.165) is 28.0 Å². The predicted molar refractivity (Wildman–Crippen MR) is 76.1 cm³/mol. The van der Waals surface area contributed by atoms with E-state index in [1.165, 1.54) is 0 Å². The van der Waals surface area contributed by atoms with E-state index in [9.17, 15) is 9.90 Å². The van der Waals surface area contributed by atoms with Crippen molar-refractivity contribution in [2.45, 2.75) is 26.7 Å². The molecule has 0 heterocycles. The largest absolute Gasteiger partial charge is 0.496 e. The molecule has 0 fully saturated rings. The van der Waals surface area contributed by atoms with Crippen LogP contribution in [0.4, 0.5) is 0 Å². The predicted octanol–water partition coefficient (Wildman–Crippen LogP) is 2.35. The zero-order valence-corrected chi connectivity index (χ0v) is 12.6. The molecular formula is C15H23NO3. The van der Waals surface area contributed by atoms with Crippen molar-refractivity contribution < 1.29 is 14.6 Å². The Morgan fingerprint density at radius 1 is 1.32 bits per heavy atom. The Morgan fingerprint density at radius 2 is 1.89 bits per heavy atom. The third-order valence-electron chi connectivity index (χ3n) is 3.49. The number of aryl methyl sites for hydroxylation is 1. The number of ether oxygens (including phenoxy) is 1. The Bertz CT molecular complexity index is 481. The van der Waals surface area contributed by atoms with Crippen LogP contribution < -0.4 is 4.74 Å². The zero-order valence-electron chi connectivity index (χ0n) is 12.6. The SMILES string of the molecule is COc1c(C)cc(C(CN(C)C)C(=O)O)c(C)c1C. The van der Waals surface area contributed by atoms with E-state index < -0.39 is 11.9 Å². The summed E-state index contributed by atoms with van der Waals surface area (Å²) in [4.78, 5) is 13.4. The molecule has 0 saturated heterocycles. The maximum atomic E-state index is 11.5. The summed E-state index contributed by atoms with van der Waals surface area (Å²) in [6.07, 6.45) is 0. The van der Waals surface area contributed by atoms with Gasteiger partial charge in [-0.25, -0.2) is 0 Å². The Labute approximate surface area is 115 Å². The first-order chi connectivity index (χ1) is 8.79. The molecule has 1 aromatic rings. The molecule has 0 aliphatic rings. The second-order valence-corrected chi connectivity index (χ2v) is 5.22. The number of aliphatic carboxylic acids is 1. The third kappa shape index (κ3) is 3.26. The normalized spacial score (nSPS) is 12.6. The van der Waals surface area contributed by atoms with Crippen molar-refractivity contribution in [3.8, 4) is 5.75 Å². The van der Waals surface area contributed by atoms with Gasteiger partial charge in [0.25, 0.3) is 0 Å². The second-order valence-electron chi connectivity index (χ2n) is 5.22. The van der Waals surface area contributed by atoms with E-state index in [0.29, 0.717) is 6.54 Å². The molecule has 0 aliphatic carbocycles. The van der Waals surface area contributed by atoms with Gasteiger partial charge in [-0.05, 0) is 57.1 Å². The molecule has 1 rings (SSSR count). The maximum Gasteiger partial charge on any atom is 0.312 e. The number of likely N-dealkylation sites (N-methyl/N-ethyl adjacent to an activating group) is 1. The lowest BCUT2D eigenvalue weighted by Crippen LogP contribution is -2.27. The van der Waals surface area contributed by atoms with Gasteiger partial charge in [0.1, 0.15) is 5.75 Å². The molecule has 0 aliphatic heterocycles. The van der Waals surface area contributed by atoms with E-state index in [4.69, 9.17) is 4.74 Å². The smallest absolute Gasteiger partial charge is 0.312 e. The highest BCUT2D eigenvalue weighted by molar-refractivity contribution is 5.77. The number of methoxy groups -OCH3 is 1. The van der Waals surface area contributed by atoms with Crippen LogP contribution in [0.5, 0.6) is 5.75 Å². The molecule has 0 spiro atoms. The highest BCUT2D eigenvalue weighted by atomic mass is 16.5. The molecule has 19 heavy (non-hydrogen) atoms. The number of carbonyl (C=O) groups is 1. The first-order valence-electron chi connectivity index (χ1n) is 6.31. The van der Waals surface area contributed by atoms with Gasteiger partial charge in [0.05, 0.1) is 13.0 Å². The minimum Gasteiger partial charge on any atom is -0.496 e. The van der Waals surface area contributed by atoms with Crippen molar-refractivity contribution in [2.24, 2.45) is 0 Å². The van der Waals surface area contributed by atoms with Gasteiger partial charge in [0, 0.05) is 6.54 Å². The fourth-order valence-corrected chi connectivity index (χ4v) is 2.44. The van der Waals surface area contributed by atoms with Gasteiger partial charge in [-0.2, -0.15) is 0 Å². The number of carboxylic acids is 1. The highest BCUT2D eigenvalue weighted by Gasteiger charge is 2.24. The van der Waals surface area contributed by atoms with E-state index in [2.05, 4.69) is 0 Å². The van der Waals surface area contributed by atoms with Gasteiger partial charge >= 0.3 is 5.97 Å². The molecule has 0 radical (unpaired) electrons. The third-order valence-corrected chi connectivity index (χ3v) is 3.49. The summed E-state index contributed by atoms with van der Waals surface area (Å²) in [7, 11) is 5.41. The fraction of sp³-hybridized carbons (Fsp3) is 0.533. The number of benzene rings is 1. The van der Waals surface area contributed by atoms with Crippen molar-refractivity contribution in [1.29, 1.82) is 0 Å². The highest BCUT2D eigenvalue weighted by Crippen LogP contribution is 2.32. The molecule has 1 aromatic carbocycles. The van der Waals surface area contributed by atoms with Crippen molar-refractivity contribution in [2.75, 3.05) is 27.7 Å². The summed E-state index contributed by atoms with van der Waals surface area (Å²) in [5, 5.41) is 9.45. The van der Waals surface area contributed by atoms with Gasteiger partial charge in [0.2, 0.25) is 0 Å². The number of carboxylic acid groups (broad SMARTS) is 1. The van der Waals surface area contributed by atoms with Crippen LogP contribution >= 0.6 is 0 Å². The Hall–Kier alpha value is -1.55. The fourth-order valence-electron chi connectivity index (χ4n) is 2.44. The number of nitrogens with zero attached hydrogens (tertiary/aromatic N) is 1. The lowest BCUT2D eigenvalue weighted by Gasteiger charge is -2.22. The van der Waals surface area contributed by atoms with Crippen LogP contribution in [0, 0.1) is 20.8 Å². The van der Waals surface area contributed by atoms with Crippen LogP contribution in [0.1, 0.15) is 28.2 Å². The number of rotatable bonds is 5. The first-order valence-corrected chi connectivity index (χ1v) is 6.31. The molecule has 0 amide bonds. The zero-order chi connectivity index (χ0) is 14.7. The molecule has 0 saturated carbocycles. The Kier molecular flexibility index (Phi) is 4.95. The topological polar surface area (TPSA) is 49.8 Å². The molecule has 106 valence electrons. The lowest BCUT2D eigenvalue weighted by molar-refractivity contribution is -0.139. The molecule has 0 bridgehead atoms. The standard InChI is InChI=1S/C15H23NO3/c1-9-7-12(10(2)11(3)14(9)19-6)13(15(17)18)8-16(4)5/h7,13H,8H2,1-6H3,(H,17,18). The Balaban J connectivity index is 3.36. The van der Waals surface area contributed by atoms with Crippen molar-refractivity contribution in [3.05, 3.63) is 28.3 Å². The van der Waals surface area contributed by atoms with E-state index in [-0.39, 0.29) is 0 Å². The van der Waals surface area contributed by atoms with Gasteiger partial charge in [-0.3, -0.25) is 4.79 Å². The summed E-state index contributed by atoms with van der Waals surface area (Å²) in [5.41, 5.74) is 3.86. The van der Waals surface area contributed by atoms with E-state index in [1.54, 1.807) is 7.11 Å². The molecule has 1 unspecified atom stereocenters. The average Bonchev–Trinajstić information content (AvgIpc) is 2.31. The summed E-state index contributed by atoms with van der Waals surface area (Å²) in [6, 6.07) is 1.93. The summed E-state index contributed by atoms with van der Waals surface area (Å²) in [5.74, 6) is -0.464. The minimum absolute atomic E-state index is 0.487. The van der Waals surface area contributed by atoms with Crippen molar-refractivity contribution >= 4 is 5.97 Å². The first kappa shape index (κ1) is 15.5. The quantitative estimate of drug-likeness (QED) is 0.888. The molecule has 4 nitrogen and oxygen atoms in total.